The number of nitrogens with one attached hydrogen (secondary N) is 2. The molecule has 0 spiro atoms. The maximum absolute atomic E-state index is 14.0. The molecule has 5 aromatic carbocycles. The molecular weight excluding hydrogens is 835 g/mol. The van der Waals surface area contributed by atoms with Crippen LogP contribution in [-0.4, -0.2) is 68.8 Å². The van der Waals surface area contributed by atoms with E-state index in [0.717, 1.165) is 40.0 Å². The number of nitrogens with zero attached hydrogens (tertiary/aromatic N) is 3. The molecule has 326 valence electrons. The Bertz CT molecular complexity index is 2600. The van der Waals surface area contributed by atoms with Crippen molar-refractivity contribution < 1.29 is 33.3 Å². The van der Waals surface area contributed by atoms with Crippen molar-refractivity contribution in [2.75, 3.05) is 54.5 Å². The third-order valence-electron chi connectivity index (χ3n) is 11.5. The van der Waals surface area contributed by atoms with Gasteiger partial charge in [-0.15, -0.1) is 0 Å². The van der Waals surface area contributed by atoms with E-state index in [1.807, 2.05) is 73.1 Å². The van der Waals surface area contributed by atoms with Crippen LogP contribution in [0.15, 0.2) is 96.0 Å². The molecule has 0 radical (unpaired) electrons. The summed E-state index contributed by atoms with van der Waals surface area (Å²) in [6.07, 6.45) is 6.40. The number of anilines is 4. The number of ether oxygens (including phenoxy) is 4. The molecule has 3 aliphatic heterocycles. The number of carbonyl (C=O) groups is 3. The van der Waals surface area contributed by atoms with Gasteiger partial charge >= 0.3 is 0 Å². The average molecular weight is 886 g/mol. The SMILES string of the molecule is CNc1cc(OCc2cc(COc3cc4c(cc3OC)C(=O)N3c5ccccc5CC3C=N4)cc(NC(=O)CCC(C)(C)SSC)c2)c(OC)cc1C(=O)N1CCc2ccccc21. The first-order valence-corrected chi connectivity index (χ1v) is 23.4. The maximum atomic E-state index is 14.0. The minimum Gasteiger partial charge on any atom is -0.493 e. The molecule has 2 N–H and O–H groups in total. The Hall–Kier alpha value is -6.12. The van der Waals surface area contributed by atoms with Gasteiger partial charge in [0, 0.05) is 66.6 Å². The van der Waals surface area contributed by atoms with Crippen molar-refractivity contribution in [3.05, 3.63) is 124 Å². The van der Waals surface area contributed by atoms with Gasteiger partial charge in [-0.05, 0) is 97.7 Å². The van der Waals surface area contributed by atoms with Crippen molar-refractivity contribution in [3.63, 3.8) is 0 Å². The molecule has 0 saturated carbocycles. The molecule has 3 heterocycles. The van der Waals surface area contributed by atoms with Crippen LogP contribution >= 0.6 is 21.6 Å². The second-order valence-corrected chi connectivity index (χ2v) is 19.3. The van der Waals surface area contributed by atoms with Gasteiger partial charge in [-0.25, -0.2) is 0 Å². The minimum atomic E-state index is -0.190. The van der Waals surface area contributed by atoms with Gasteiger partial charge in [0.15, 0.2) is 23.0 Å². The molecule has 63 heavy (non-hydrogen) atoms. The summed E-state index contributed by atoms with van der Waals surface area (Å²) >= 11 is 0. The van der Waals surface area contributed by atoms with Crippen LogP contribution in [0.4, 0.5) is 28.4 Å². The topological polar surface area (TPSA) is 131 Å². The number of para-hydroxylation sites is 2. The van der Waals surface area contributed by atoms with E-state index in [2.05, 4.69) is 30.5 Å². The number of rotatable bonds is 16. The number of methoxy groups -OCH3 is 2. The molecule has 8 rings (SSSR count). The summed E-state index contributed by atoms with van der Waals surface area (Å²) in [5.74, 6) is 1.27. The zero-order chi connectivity index (χ0) is 44.3. The van der Waals surface area contributed by atoms with E-state index in [0.29, 0.717) is 77.0 Å². The fourth-order valence-electron chi connectivity index (χ4n) is 8.33. The van der Waals surface area contributed by atoms with Gasteiger partial charge in [0.2, 0.25) is 5.91 Å². The lowest BCUT2D eigenvalue weighted by Gasteiger charge is -2.22. The van der Waals surface area contributed by atoms with Crippen LogP contribution in [0.3, 0.4) is 0 Å². The minimum absolute atomic E-state index is 0.0713. The Labute approximate surface area is 376 Å². The van der Waals surface area contributed by atoms with Crippen LogP contribution < -0.4 is 39.4 Å². The summed E-state index contributed by atoms with van der Waals surface area (Å²) in [5, 5.41) is 6.28. The summed E-state index contributed by atoms with van der Waals surface area (Å²) in [7, 11) is 8.29. The van der Waals surface area contributed by atoms with Crippen LogP contribution in [0, 0.1) is 0 Å². The van der Waals surface area contributed by atoms with E-state index in [-0.39, 0.29) is 41.7 Å². The molecule has 1 unspecified atom stereocenters. The lowest BCUT2D eigenvalue weighted by atomic mass is 10.1. The second kappa shape index (κ2) is 18.7. The number of hydrogen-bond donors (Lipinski definition) is 2. The van der Waals surface area contributed by atoms with E-state index in [1.54, 1.807) is 76.9 Å². The quantitative estimate of drug-likeness (QED) is 0.0924. The Morgan fingerprint density at radius 3 is 2.21 bits per heavy atom. The highest BCUT2D eigenvalue weighted by molar-refractivity contribution is 8.76. The molecule has 14 heteroatoms. The van der Waals surface area contributed by atoms with Gasteiger partial charge < -0.3 is 34.5 Å². The Morgan fingerprint density at radius 1 is 0.841 bits per heavy atom. The molecule has 3 aliphatic rings. The van der Waals surface area contributed by atoms with E-state index in [1.165, 1.54) is 0 Å². The van der Waals surface area contributed by atoms with E-state index >= 15 is 0 Å². The fourth-order valence-corrected chi connectivity index (χ4v) is 10.6. The summed E-state index contributed by atoms with van der Waals surface area (Å²) in [6, 6.07) is 28.3. The van der Waals surface area contributed by atoms with Gasteiger partial charge in [-0.2, -0.15) is 0 Å². The normalized spacial score (nSPS) is 14.9. The lowest BCUT2D eigenvalue weighted by molar-refractivity contribution is -0.116. The third kappa shape index (κ3) is 9.33. The largest absolute Gasteiger partial charge is 0.493 e. The number of benzene rings is 5. The van der Waals surface area contributed by atoms with E-state index in [4.69, 9.17) is 23.9 Å². The average Bonchev–Trinajstić information content (AvgIpc) is 3.86. The Kier molecular flexibility index (Phi) is 12.9. The number of aliphatic imine (C=N–C) groups is 1. The van der Waals surface area contributed by atoms with Crippen molar-refractivity contribution in [2.24, 2.45) is 4.99 Å². The van der Waals surface area contributed by atoms with Crippen LogP contribution in [0.25, 0.3) is 0 Å². The van der Waals surface area contributed by atoms with Crippen molar-refractivity contribution in [2.45, 2.75) is 63.5 Å². The van der Waals surface area contributed by atoms with Gasteiger partial charge in [0.1, 0.15) is 13.2 Å². The molecule has 3 amide bonds. The van der Waals surface area contributed by atoms with Crippen molar-refractivity contribution in [1.29, 1.82) is 0 Å². The second-order valence-electron chi connectivity index (χ2n) is 16.2. The summed E-state index contributed by atoms with van der Waals surface area (Å²) in [4.78, 5) is 49.6. The van der Waals surface area contributed by atoms with Crippen molar-refractivity contribution >= 4 is 74.0 Å². The molecule has 0 bridgehead atoms. The maximum Gasteiger partial charge on any atom is 0.261 e. The molecule has 0 fully saturated rings. The standard InChI is InChI=1S/C49H51N5O7S2/c1-49(2,63-62-6)17-15-46(55)52-34-20-30(28-60-44-25-38(50-3)36(23-42(44)58-4)47(56)53-18-16-32-11-7-9-13-40(32)53)19-31(21-34)29-61-45-26-39-37(24-43(45)59-5)48(57)54-35(27-51-39)22-33-12-8-10-14-41(33)54/h7-14,19-21,23-27,35,50H,15-18,22,28-29H2,1-6H3,(H,52,55). The Morgan fingerprint density at radius 2 is 1.51 bits per heavy atom. The molecule has 0 saturated heterocycles. The van der Waals surface area contributed by atoms with Crippen molar-refractivity contribution in [3.8, 4) is 23.0 Å². The number of hydrogen-bond acceptors (Lipinski definition) is 11. The summed E-state index contributed by atoms with van der Waals surface area (Å²) < 4.78 is 24.3. The van der Waals surface area contributed by atoms with Crippen LogP contribution in [0.2, 0.25) is 0 Å². The van der Waals surface area contributed by atoms with Gasteiger partial charge in [-0.3, -0.25) is 24.3 Å². The molecule has 5 aromatic rings. The number of amides is 3. The predicted molar refractivity (Wildman–Crippen MR) is 254 cm³/mol. The van der Waals surface area contributed by atoms with E-state index < -0.39 is 0 Å². The monoisotopic (exact) mass is 885 g/mol. The molecule has 12 nitrogen and oxygen atoms in total. The third-order valence-corrected chi connectivity index (χ3v) is 14.1. The first kappa shape index (κ1) is 43.5. The van der Waals surface area contributed by atoms with Crippen LogP contribution in [0.5, 0.6) is 23.0 Å². The highest BCUT2D eigenvalue weighted by Crippen LogP contribution is 2.42. The van der Waals surface area contributed by atoms with Crippen LogP contribution in [-0.2, 0) is 30.8 Å². The molecule has 1 atom stereocenters. The zero-order valence-corrected chi connectivity index (χ0v) is 37.9. The lowest BCUT2D eigenvalue weighted by Crippen LogP contribution is -2.37. The van der Waals surface area contributed by atoms with Crippen LogP contribution in [0.1, 0.15) is 69.7 Å². The molecule has 0 aromatic heterocycles. The molecule has 0 aliphatic carbocycles. The van der Waals surface area contributed by atoms with Gasteiger partial charge in [0.25, 0.3) is 11.8 Å². The predicted octanol–water partition coefficient (Wildman–Crippen LogP) is 9.90. The van der Waals surface area contributed by atoms with Gasteiger partial charge in [0.05, 0.1) is 42.8 Å². The highest BCUT2D eigenvalue weighted by Gasteiger charge is 2.36. The van der Waals surface area contributed by atoms with Crippen molar-refractivity contribution in [1.82, 2.24) is 0 Å². The van der Waals surface area contributed by atoms with E-state index in [9.17, 15) is 14.4 Å². The van der Waals surface area contributed by atoms with Gasteiger partial charge in [-0.1, -0.05) is 58.0 Å². The Balaban J connectivity index is 1.04. The summed E-state index contributed by atoms with van der Waals surface area (Å²) in [6.45, 7) is 5.08. The summed E-state index contributed by atoms with van der Waals surface area (Å²) in [5.41, 5.74) is 8.14. The number of carbonyl (C=O) groups excluding carboxylic acids is 3. The highest BCUT2D eigenvalue weighted by atomic mass is 33.1. The first-order valence-electron chi connectivity index (χ1n) is 20.9. The number of fused-ring (bicyclic) bond motifs is 5. The smallest absolute Gasteiger partial charge is 0.261 e. The zero-order valence-electron chi connectivity index (χ0n) is 36.3. The fraction of sp³-hybridized carbons (Fsp3) is 0.306. The first-order chi connectivity index (χ1) is 30.5. The molecular formula is C49H51N5O7S2.